The summed E-state index contributed by atoms with van der Waals surface area (Å²) in [5.74, 6) is 0.0317. The molecule has 29 heavy (non-hydrogen) atoms. The maximum atomic E-state index is 12.9. The van der Waals surface area contributed by atoms with E-state index in [9.17, 15) is 9.59 Å². The van der Waals surface area contributed by atoms with Crippen molar-refractivity contribution in [2.24, 2.45) is 0 Å². The molecule has 0 saturated carbocycles. The molecule has 6 nitrogen and oxygen atoms in total. The van der Waals surface area contributed by atoms with Crippen molar-refractivity contribution < 1.29 is 14.3 Å². The molecule has 1 aromatic rings. The number of thiocarbonyl (C=S) groups is 1. The van der Waals surface area contributed by atoms with Gasteiger partial charge in [-0.1, -0.05) is 54.3 Å². The summed E-state index contributed by atoms with van der Waals surface area (Å²) >= 11 is 7.12. The lowest BCUT2D eigenvalue weighted by Gasteiger charge is -2.35. The summed E-state index contributed by atoms with van der Waals surface area (Å²) in [7, 11) is 1.68. The second-order valence-corrected chi connectivity index (χ2v) is 8.64. The summed E-state index contributed by atoms with van der Waals surface area (Å²) in [6.45, 7) is 3.99. The van der Waals surface area contributed by atoms with E-state index in [0.29, 0.717) is 17.0 Å². The van der Waals surface area contributed by atoms with Gasteiger partial charge in [-0.25, -0.2) is 9.59 Å². The maximum Gasteiger partial charge on any atom is 0.338 e. The molecule has 0 spiro atoms. The van der Waals surface area contributed by atoms with E-state index in [1.54, 1.807) is 14.0 Å². The number of esters is 1. The minimum Gasteiger partial charge on any atom is -0.463 e. The molecule has 3 rings (SSSR count). The topological polar surface area (TPSA) is 61.9 Å². The molecule has 2 amide bonds. The zero-order chi connectivity index (χ0) is 20.8. The van der Waals surface area contributed by atoms with Crippen molar-refractivity contribution in [3.05, 3.63) is 47.2 Å². The second-order valence-electron chi connectivity index (χ2n) is 7.04. The fourth-order valence-corrected chi connectivity index (χ4v) is 4.91. The van der Waals surface area contributed by atoms with Gasteiger partial charge in [0.2, 0.25) is 0 Å². The Hall–Kier alpha value is -2.06. The summed E-state index contributed by atoms with van der Waals surface area (Å²) in [4.78, 5) is 29.2. The minimum absolute atomic E-state index is 0.244. The molecule has 2 aliphatic heterocycles. The van der Waals surface area contributed by atoms with E-state index >= 15 is 0 Å². The number of likely N-dealkylation sites (tertiary alicyclic amines) is 1. The first-order valence-corrected chi connectivity index (χ1v) is 11.3. The number of amides is 2. The smallest absolute Gasteiger partial charge is 0.338 e. The molecule has 156 valence electrons. The Labute approximate surface area is 181 Å². The highest BCUT2D eigenvalue weighted by atomic mass is 32.2. The third kappa shape index (κ3) is 5.11. The number of urea groups is 1. The van der Waals surface area contributed by atoms with Crippen LogP contribution in [0.1, 0.15) is 37.8 Å². The van der Waals surface area contributed by atoms with Gasteiger partial charge in [-0.05, 0) is 31.7 Å². The molecule has 1 fully saturated rings. The van der Waals surface area contributed by atoms with Gasteiger partial charge in [0.25, 0.3) is 0 Å². The first kappa shape index (κ1) is 21.6. The van der Waals surface area contributed by atoms with E-state index in [-0.39, 0.29) is 12.6 Å². The van der Waals surface area contributed by atoms with Gasteiger partial charge in [-0.15, -0.1) is 0 Å². The number of hydrogen-bond acceptors (Lipinski definition) is 5. The number of nitrogens with zero attached hydrogens (tertiary/aromatic N) is 2. The molecule has 0 bridgehead atoms. The number of carbonyl (C=O) groups excluding carboxylic acids is 2. The molecular weight excluding hydrogens is 406 g/mol. The van der Waals surface area contributed by atoms with Crippen LogP contribution in [0.15, 0.2) is 41.6 Å². The van der Waals surface area contributed by atoms with Crippen LogP contribution in [0.3, 0.4) is 0 Å². The van der Waals surface area contributed by atoms with Gasteiger partial charge in [0.1, 0.15) is 4.32 Å². The second kappa shape index (κ2) is 10.1. The number of nitrogens with one attached hydrogen (secondary N) is 1. The molecule has 1 atom stereocenters. The number of thioether (sulfide) groups is 1. The molecule has 0 aliphatic carbocycles. The van der Waals surface area contributed by atoms with E-state index < -0.39 is 12.0 Å². The molecule has 1 N–H and O–H groups in total. The summed E-state index contributed by atoms with van der Waals surface area (Å²) in [6.07, 6.45) is 3.54. The Morgan fingerprint density at radius 1 is 1.24 bits per heavy atom. The summed E-state index contributed by atoms with van der Waals surface area (Å²) in [5, 5.41) is 2.93. The van der Waals surface area contributed by atoms with Gasteiger partial charge in [0.15, 0.2) is 0 Å². The summed E-state index contributed by atoms with van der Waals surface area (Å²) < 4.78 is 6.16. The molecular formula is C21H27N3O3S2. The van der Waals surface area contributed by atoms with Crippen molar-refractivity contribution in [3.8, 4) is 0 Å². The lowest BCUT2D eigenvalue weighted by molar-refractivity contribution is -0.139. The van der Waals surface area contributed by atoms with Crippen LogP contribution < -0.4 is 5.32 Å². The van der Waals surface area contributed by atoms with Crippen LogP contribution in [-0.2, 0) is 9.53 Å². The first-order valence-electron chi connectivity index (χ1n) is 9.94. The monoisotopic (exact) mass is 433 g/mol. The van der Waals surface area contributed by atoms with E-state index in [2.05, 4.69) is 10.2 Å². The van der Waals surface area contributed by atoms with E-state index in [1.807, 2.05) is 30.3 Å². The SMILES string of the molecule is CCOC(=O)C1=C(CSC(=S)N2CCCCC2)N(C)C(=O)NC1c1ccccc1. The first-order chi connectivity index (χ1) is 14.0. The van der Waals surface area contributed by atoms with Crippen LogP contribution in [0.2, 0.25) is 0 Å². The summed E-state index contributed by atoms with van der Waals surface area (Å²) in [5.41, 5.74) is 1.96. The molecule has 2 heterocycles. The lowest BCUT2D eigenvalue weighted by atomic mass is 9.95. The highest BCUT2D eigenvalue weighted by Gasteiger charge is 2.36. The normalized spacial score (nSPS) is 19.8. The largest absolute Gasteiger partial charge is 0.463 e. The number of benzene rings is 1. The van der Waals surface area contributed by atoms with Crippen LogP contribution in [0.5, 0.6) is 0 Å². The Kier molecular flexibility index (Phi) is 7.55. The minimum atomic E-state index is -0.543. The summed E-state index contributed by atoms with van der Waals surface area (Å²) in [6, 6.07) is 8.70. The van der Waals surface area contributed by atoms with Crippen LogP contribution in [0, 0.1) is 0 Å². The quantitative estimate of drug-likeness (QED) is 0.564. The highest BCUT2D eigenvalue weighted by Crippen LogP contribution is 2.33. The zero-order valence-electron chi connectivity index (χ0n) is 16.8. The Morgan fingerprint density at radius 2 is 1.93 bits per heavy atom. The molecule has 1 unspecified atom stereocenters. The highest BCUT2D eigenvalue weighted by molar-refractivity contribution is 8.23. The third-order valence-electron chi connectivity index (χ3n) is 5.15. The van der Waals surface area contributed by atoms with Gasteiger partial charge in [0.05, 0.1) is 18.2 Å². The van der Waals surface area contributed by atoms with E-state index in [1.165, 1.54) is 23.1 Å². The molecule has 8 heteroatoms. The lowest BCUT2D eigenvalue weighted by Crippen LogP contribution is -2.47. The van der Waals surface area contributed by atoms with Crippen molar-refractivity contribution in [1.82, 2.24) is 15.1 Å². The Morgan fingerprint density at radius 3 is 2.59 bits per heavy atom. The van der Waals surface area contributed by atoms with Crippen LogP contribution >= 0.6 is 24.0 Å². The van der Waals surface area contributed by atoms with Gasteiger partial charge in [-0.3, -0.25) is 4.90 Å². The molecule has 1 aromatic carbocycles. The number of hydrogen-bond donors (Lipinski definition) is 1. The fraction of sp³-hybridized carbons (Fsp3) is 0.476. The predicted octanol–water partition coefficient (Wildman–Crippen LogP) is 3.70. The predicted molar refractivity (Wildman–Crippen MR) is 120 cm³/mol. The van der Waals surface area contributed by atoms with E-state index in [0.717, 1.165) is 35.8 Å². The van der Waals surface area contributed by atoms with Gasteiger partial charge >= 0.3 is 12.0 Å². The van der Waals surface area contributed by atoms with Gasteiger partial charge < -0.3 is 15.0 Å². The molecule has 0 aromatic heterocycles. The number of rotatable bonds is 5. The average molecular weight is 434 g/mol. The third-order valence-corrected chi connectivity index (χ3v) is 6.69. The van der Waals surface area contributed by atoms with Crippen LogP contribution in [0.25, 0.3) is 0 Å². The van der Waals surface area contributed by atoms with Crippen molar-refractivity contribution in [2.75, 3.05) is 32.5 Å². The standard InChI is InChI=1S/C21H27N3O3S2/c1-3-27-19(25)17-16(14-29-21(28)24-12-8-5-9-13-24)23(2)20(26)22-18(17)15-10-6-4-7-11-15/h4,6-7,10-11,18H,3,5,8-9,12-14H2,1-2H3,(H,22,26). The van der Waals surface area contributed by atoms with Crippen molar-refractivity contribution >= 4 is 40.3 Å². The molecule has 2 aliphatic rings. The van der Waals surface area contributed by atoms with Crippen LogP contribution in [0.4, 0.5) is 4.79 Å². The number of ether oxygens (including phenoxy) is 1. The van der Waals surface area contributed by atoms with Crippen molar-refractivity contribution in [2.45, 2.75) is 32.2 Å². The Bertz CT molecular complexity index is 792. The number of carbonyl (C=O) groups is 2. The van der Waals surface area contributed by atoms with E-state index in [4.69, 9.17) is 17.0 Å². The Balaban J connectivity index is 1.90. The molecule has 0 radical (unpaired) electrons. The molecule has 1 saturated heterocycles. The van der Waals surface area contributed by atoms with Crippen LogP contribution in [-0.4, -0.2) is 58.6 Å². The van der Waals surface area contributed by atoms with Crippen molar-refractivity contribution in [3.63, 3.8) is 0 Å². The average Bonchev–Trinajstić information content (AvgIpc) is 2.75. The van der Waals surface area contributed by atoms with Gasteiger partial charge in [-0.2, -0.15) is 0 Å². The van der Waals surface area contributed by atoms with Gasteiger partial charge in [0, 0.05) is 31.6 Å². The fourth-order valence-electron chi connectivity index (χ4n) is 3.57. The zero-order valence-corrected chi connectivity index (χ0v) is 18.5. The maximum absolute atomic E-state index is 12.9. The number of piperidine rings is 1. The van der Waals surface area contributed by atoms with Crippen molar-refractivity contribution in [1.29, 1.82) is 0 Å².